The first-order chi connectivity index (χ1) is 18.8. The van der Waals surface area contributed by atoms with Gasteiger partial charge in [0.2, 0.25) is 5.91 Å². The first-order valence-corrected chi connectivity index (χ1v) is 17.2. The van der Waals surface area contributed by atoms with Gasteiger partial charge in [0, 0.05) is 41.5 Å². The van der Waals surface area contributed by atoms with Crippen LogP contribution < -0.4 is 11.2 Å². The molecule has 0 bridgehead atoms. The van der Waals surface area contributed by atoms with Crippen LogP contribution in [0.4, 0.5) is 0 Å². The number of benzene rings is 1. The Kier molecular flexibility index (Phi) is 10.7. The van der Waals surface area contributed by atoms with Gasteiger partial charge >= 0.3 is 0 Å². The van der Waals surface area contributed by atoms with Crippen LogP contribution in [0.5, 0.6) is 0 Å². The lowest BCUT2D eigenvalue weighted by atomic mass is 10.1. The van der Waals surface area contributed by atoms with E-state index >= 15 is 0 Å². The Hall–Kier alpha value is -3.08. The molecule has 2 atom stereocenters. The molecule has 41 heavy (non-hydrogen) atoms. The minimum atomic E-state index is -3.77. The largest absolute Gasteiger partial charge is 0.376 e. The van der Waals surface area contributed by atoms with Crippen LogP contribution in [0.25, 0.3) is 10.9 Å². The molecule has 2 heterocycles. The molecule has 1 saturated heterocycles. The molecule has 2 aromatic rings. The maximum absolute atomic E-state index is 12.1. The van der Waals surface area contributed by atoms with Crippen molar-refractivity contribution in [3.63, 3.8) is 0 Å². The van der Waals surface area contributed by atoms with Crippen LogP contribution in [0.15, 0.2) is 24.4 Å². The zero-order chi connectivity index (χ0) is 31.3. The highest BCUT2D eigenvalue weighted by molar-refractivity contribution is 8.00. The molecule has 3 rings (SSSR count). The first-order valence-electron chi connectivity index (χ1n) is 12.3. The van der Waals surface area contributed by atoms with E-state index in [1.807, 2.05) is 6.07 Å². The second-order valence-electron chi connectivity index (χ2n) is 10.1. The Labute approximate surface area is 244 Å². The van der Waals surface area contributed by atoms with Crippen LogP contribution >= 0.6 is 11.8 Å². The summed E-state index contributed by atoms with van der Waals surface area (Å²) in [6.45, 7) is 4.39. The van der Waals surface area contributed by atoms with Gasteiger partial charge in [-0.3, -0.25) is 19.5 Å². The van der Waals surface area contributed by atoms with Gasteiger partial charge in [-0.1, -0.05) is 18.8 Å². The smallest absolute Gasteiger partial charge is 0.264 e. The third kappa shape index (κ3) is 7.81. The predicted octanol–water partition coefficient (Wildman–Crippen LogP) is 0.253. The fraction of sp³-hybridized carbons (Fsp3) is 0.500. The summed E-state index contributed by atoms with van der Waals surface area (Å²) in [7, 11) is -7.16. The Morgan fingerprint density at radius 2 is 1.76 bits per heavy atom. The first kappa shape index (κ1) is 34.1. The summed E-state index contributed by atoms with van der Waals surface area (Å²) in [6, 6.07) is 5.43. The molecule has 1 fully saturated rings. The summed E-state index contributed by atoms with van der Waals surface area (Å²) in [5.74, 6) is 10.5. The number of nitrogens with one attached hydrogen (secondary N) is 1. The van der Waals surface area contributed by atoms with Crippen LogP contribution in [0.3, 0.4) is 0 Å². The zero-order valence-corrected chi connectivity index (χ0v) is 25.8. The molecule has 12 nitrogen and oxygen atoms in total. The maximum Gasteiger partial charge on any atom is 0.264 e. The Balaban J connectivity index is 0.000000454. The molecule has 15 heteroatoms. The van der Waals surface area contributed by atoms with Gasteiger partial charge in [-0.15, -0.1) is 0 Å². The van der Waals surface area contributed by atoms with Crippen LogP contribution in [0, 0.1) is 23.7 Å². The molecule has 1 unspecified atom stereocenters. The minimum Gasteiger partial charge on any atom is -0.376 e. The average molecular weight is 627 g/mol. The van der Waals surface area contributed by atoms with Gasteiger partial charge < -0.3 is 10.8 Å². The third-order valence-corrected chi connectivity index (χ3v) is 12.6. The van der Waals surface area contributed by atoms with Crippen molar-refractivity contribution in [2.75, 3.05) is 24.0 Å². The molecule has 1 aliphatic rings. The molecule has 224 valence electrons. The van der Waals surface area contributed by atoms with Gasteiger partial charge in [0.1, 0.15) is 10.3 Å². The van der Waals surface area contributed by atoms with Gasteiger partial charge in [0.25, 0.3) is 5.91 Å². The number of fused-ring (bicyclic) bond motifs is 1. The van der Waals surface area contributed by atoms with Crippen molar-refractivity contribution in [3.8, 4) is 23.7 Å². The molecule has 0 saturated carbocycles. The summed E-state index contributed by atoms with van der Waals surface area (Å²) < 4.78 is 44.6. The molecule has 1 aromatic heterocycles. The second kappa shape index (κ2) is 12.8. The summed E-state index contributed by atoms with van der Waals surface area (Å²) in [6.07, 6.45) is 3.75. The van der Waals surface area contributed by atoms with Crippen molar-refractivity contribution in [2.45, 2.75) is 55.3 Å². The van der Waals surface area contributed by atoms with E-state index in [9.17, 15) is 31.5 Å². The maximum atomic E-state index is 12.1. The van der Waals surface area contributed by atoms with Gasteiger partial charge in [0.05, 0.1) is 11.7 Å². The van der Waals surface area contributed by atoms with Crippen LogP contribution in [-0.2, 0) is 35.8 Å². The van der Waals surface area contributed by atoms with Gasteiger partial charge in [0.15, 0.2) is 24.4 Å². The Morgan fingerprint density at radius 3 is 2.20 bits per heavy atom. The van der Waals surface area contributed by atoms with E-state index in [0.29, 0.717) is 11.5 Å². The molecule has 0 aliphatic carbocycles. The summed E-state index contributed by atoms with van der Waals surface area (Å²) in [5, 5.41) is 23.9. The van der Waals surface area contributed by atoms with Gasteiger partial charge in [-0.2, -0.15) is 16.9 Å². The molecule has 5 N–H and O–H groups in total. The number of thioether (sulfide) groups is 1. The third-order valence-electron chi connectivity index (χ3n) is 7.10. The lowest BCUT2D eigenvalue weighted by molar-refractivity contribution is -0.131. The van der Waals surface area contributed by atoms with Crippen molar-refractivity contribution in [3.05, 3.63) is 30.0 Å². The Morgan fingerprint density at radius 1 is 1.15 bits per heavy atom. The highest BCUT2D eigenvalue weighted by atomic mass is 32.2. The number of hydroxylamine groups is 1. The fourth-order valence-corrected chi connectivity index (χ4v) is 5.96. The minimum absolute atomic E-state index is 0.0622. The van der Waals surface area contributed by atoms with Crippen molar-refractivity contribution in [1.82, 2.24) is 15.3 Å². The number of amides is 2. The monoisotopic (exact) mass is 626 g/mol. The molecule has 0 radical (unpaired) electrons. The quantitative estimate of drug-likeness (QED) is 0.179. The summed E-state index contributed by atoms with van der Waals surface area (Å²) in [4.78, 5) is 22.7. The topological polar surface area (TPSA) is 199 Å². The Bertz CT molecular complexity index is 1660. The zero-order valence-electron chi connectivity index (χ0n) is 23.4. The fourth-order valence-electron chi connectivity index (χ4n) is 3.49. The molecular formula is C26H34N4O8S3. The number of sulfone groups is 2. The van der Waals surface area contributed by atoms with E-state index in [2.05, 4.69) is 28.8 Å². The molecule has 0 spiro atoms. The number of nitrogens with zero attached hydrogens (tertiary/aromatic N) is 2. The molecular weight excluding hydrogens is 593 g/mol. The number of aliphatic hydroxyl groups is 1. The van der Waals surface area contributed by atoms with Crippen molar-refractivity contribution in [1.29, 1.82) is 0 Å². The molecule has 1 aliphatic heterocycles. The second-order valence-corrected chi connectivity index (χ2v) is 16.0. The van der Waals surface area contributed by atoms with Gasteiger partial charge in [-0.05, 0) is 56.7 Å². The lowest BCUT2D eigenvalue weighted by Crippen LogP contribution is -2.49. The normalized spacial score (nSPS) is 17.0. The number of aromatic nitrogens is 2. The van der Waals surface area contributed by atoms with Crippen molar-refractivity contribution >= 4 is 54.2 Å². The molecule has 2 amide bonds. The molecule has 1 aromatic carbocycles. The van der Waals surface area contributed by atoms with Crippen molar-refractivity contribution < 1.29 is 36.7 Å². The number of carbonyl (C=O) groups is 2. The lowest BCUT2D eigenvalue weighted by Gasteiger charge is -2.29. The SMILES string of the molecule is CCC(C)(C(N)=O)S(C)(=O)=O.C[C@@](CCn1ncc2cc(C#CC#CC3(O)CSC3)ccc21)(C(=O)NO)S(C)(=O)=O. The number of primary amides is 1. The van der Waals surface area contributed by atoms with Crippen LogP contribution in [0.1, 0.15) is 39.2 Å². The van der Waals surface area contributed by atoms with E-state index in [0.717, 1.165) is 29.0 Å². The van der Waals surface area contributed by atoms with Gasteiger partial charge in [-0.25, -0.2) is 22.3 Å². The number of hydrogen-bond acceptors (Lipinski definition) is 10. The van der Waals surface area contributed by atoms with E-state index in [4.69, 9.17) is 10.9 Å². The summed E-state index contributed by atoms with van der Waals surface area (Å²) >= 11 is 1.63. The highest BCUT2D eigenvalue weighted by Crippen LogP contribution is 2.28. The van der Waals surface area contributed by atoms with E-state index in [1.165, 1.54) is 19.3 Å². The number of rotatable bonds is 8. The summed E-state index contributed by atoms with van der Waals surface area (Å²) in [5.41, 5.74) is 6.95. The number of hydrogen-bond donors (Lipinski definition) is 4. The van der Waals surface area contributed by atoms with E-state index < -0.39 is 46.6 Å². The predicted molar refractivity (Wildman–Crippen MR) is 157 cm³/mol. The number of carbonyl (C=O) groups excluding carboxylic acids is 2. The van der Waals surface area contributed by atoms with Crippen molar-refractivity contribution in [2.24, 2.45) is 5.73 Å². The standard InChI is InChI=1S/C20H21N3O5S2.C6H13NO3S/c1-19(18(24)22-26,30(2,27)28)9-10-23-17-7-6-15(11-16(17)12-21-23)5-3-4-8-20(25)13-29-14-20;1-4-6(2,5(7)8)11(3,9)10/h6-7,11-12,25-26H,9-10,13-14H2,1-2H3,(H,22,24);4H2,1-3H3,(H2,7,8)/t19-;/m1./s1. The van der Waals surface area contributed by atoms with Crippen LogP contribution in [0.2, 0.25) is 0 Å². The van der Waals surface area contributed by atoms with Crippen LogP contribution in [-0.4, -0.2) is 87.9 Å². The number of aryl methyl sites for hydroxylation is 1. The van der Waals surface area contributed by atoms with E-state index in [1.54, 1.807) is 41.7 Å². The number of nitrogens with two attached hydrogens (primary N) is 1. The highest BCUT2D eigenvalue weighted by Gasteiger charge is 2.43. The average Bonchev–Trinajstić information content (AvgIpc) is 3.28. The van der Waals surface area contributed by atoms with E-state index in [-0.39, 0.29) is 19.4 Å².